The van der Waals surface area contributed by atoms with E-state index >= 15 is 0 Å². The van der Waals surface area contributed by atoms with E-state index in [1.807, 2.05) is 36.7 Å². The van der Waals surface area contributed by atoms with Crippen molar-refractivity contribution >= 4 is 16.5 Å². The average molecular weight is 274 g/mol. The Morgan fingerprint density at radius 3 is 2.67 bits per heavy atom. The second-order valence-corrected chi connectivity index (χ2v) is 5.27. The maximum Gasteiger partial charge on any atom is 0.222 e. The maximum atomic E-state index is 7.18. The summed E-state index contributed by atoms with van der Waals surface area (Å²) in [7, 11) is 2.07. The van der Waals surface area contributed by atoms with Crippen molar-refractivity contribution in [3.63, 3.8) is 0 Å². The predicted molar refractivity (Wildman–Crippen MR) is 84.1 cm³/mol. The first-order chi connectivity index (χ1) is 10.1. The summed E-state index contributed by atoms with van der Waals surface area (Å²) in [6, 6.07) is 10.0. The smallest absolute Gasteiger partial charge is 0.222 e. The molecule has 2 heterocycles. The number of nitrogens with zero attached hydrogens (tertiary/aromatic N) is 3. The van der Waals surface area contributed by atoms with E-state index in [1.54, 1.807) is 0 Å². The van der Waals surface area contributed by atoms with Crippen LogP contribution in [0.15, 0.2) is 42.7 Å². The van der Waals surface area contributed by atoms with Crippen molar-refractivity contribution in [1.29, 1.82) is 0 Å². The molecular weight excluding hydrogens is 258 g/mol. The number of rotatable bonds is 1. The normalized spacial score (nSPS) is 10.6. The molecule has 1 aromatic carbocycles. The van der Waals surface area contributed by atoms with Crippen molar-refractivity contribution in [2.75, 3.05) is 0 Å². The van der Waals surface area contributed by atoms with Crippen molar-refractivity contribution in [3.8, 4) is 11.3 Å². The van der Waals surface area contributed by atoms with E-state index in [4.69, 9.17) is 6.57 Å². The average Bonchev–Trinajstić information content (AvgIpc) is 2.49. The highest BCUT2D eigenvalue weighted by atomic mass is 14.9. The Labute approximate surface area is 124 Å². The summed E-state index contributed by atoms with van der Waals surface area (Å²) in [5.74, 6) is 0. The molecule has 0 saturated carbocycles. The third kappa shape index (κ3) is 2.15. The largest absolute Gasteiger partial charge is 0.264 e. The molecule has 0 amide bonds. The van der Waals surface area contributed by atoms with Crippen LogP contribution < -0.4 is 4.57 Å². The summed E-state index contributed by atoms with van der Waals surface area (Å²) < 4.78 is 2.18. The Balaban J connectivity index is 2.44. The van der Waals surface area contributed by atoms with E-state index in [0.29, 0.717) is 5.69 Å². The highest BCUT2D eigenvalue weighted by molar-refractivity contribution is 5.95. The molecule has 0 radical (unpaired) electrons. The molecule has 3 heteroatoms. The van der Waals surface area contributed by atoms with Gasteiger partial charge in [0.1, 0.15) is 7.05 Å². The van der Waals surface area contributed by atoms with Gasteiger partial charge < -0.3 is 0 Å². The van der Waals surface area contributed by atoms with Crippen molar-refractivity contribution in [3.05, 3.63) is 65.4 Å². The lowest BCUT2D eigenvalue weighted by molar-refractivity contribution is -0.665. The standard InChI is InChI=1S/C18H16N3/c1-12-7-8-20-11-17(12)18-16-6-5-15(19-3)10-14(16)9-13(2)21(18)4/h5-11H,1-2,4H3/q+1. The number of hydrogen-bond donors (Lipinski definition) is 0. The number of benzene rings is 1. The van der Waals surface area contributed by atoms with Gasteiger partial charge in [0.05, 0.1) is 17.5 Å². The van der Waals surface area contributed by atoms with E-state index in [1.165, 1.54) is 5.56 Å². The highest BCUT2D eigenvalue weighted by Crippen LogP contribution is 2.30. The van der Waals surface area contributed by atoms with Gasteiger partial charge >= 0.3 is 0 Å². The molecule has 0 fully saturated rings. The first-order valence-electron chi connectivity index (χ1n) is 6.83. The van der Waals surface area contributed by atoms with E-state index in [2.05, 4.69) is 41.4 Å². The van der Waals surface area contributed by atoms with Gasteiger partial charge in [-0.15, -0.1) is 0 Å². The Morgan fingerprint density at radius 2 is 1.95 bits per heavy atom. The van der Waals surface area contributed by atoms with Crippen LogP contribution in [0.5, 0.6) is 0 Å². The predicted octanol–water partition coefficient (Wildman–Crippen LogP) is 3.89. The summed E-state index contributed by atoms with van der Waals surface area (Å²) in [6.07, 6.45) is 3.72. The van der Waals surface area contributed by atoms with Crippen LogP contribution in [-0.2, 0) is 7.05 Å². The number of aryl methyl sites for hydroxylation is 2. The van der Waals surface area contributed by atoms with Gasteiger partial charge in [0.25, 0.3) is 0 Å². The highest BCUT2D eigenvalue weighted by Gasteiger charge is 2.19. The van der Waals surface area contributed by atoms with Gasteiger partial charge in [-0.05, 0) is 30.0 Å². The van der Waals surface area contributed by atoms with Gasteiger partial charge in [0.2, 0.25) is 5.69 Å². The number of hydrogen-bond acceptors (Lipinski definition) is 1. The lowest BCUT2D eigenvalue weighted by Crippen LogP contribution is -2.35. The molecule has 3 aromatic rings. The molecule has 0 N–H and O–H groups in total. The van der Waals surface area contributed by atoms with Crippen molar-refractivity contribution in [2.24, 2.45) is 7.05 Å². The summed E-state index contributed by atoms with van der Waals surface area (Å²) >= 11 is 0. The topological polar surface area (TPSA) is 21.1 Å². The first-order valence-corrected chi connectivity index (χ1v) is 6.83. The molecule has 0 aliphatic rings. The second-order valence-electron chi connectivity index (χ2n) is 5.27. The SMILES string of the molecule is [C-]#[N+]c1ccc2c(-c3cnccc3C)[n+](C)c(C)cc2c1. The monoisotopic (exact) mass is 274 g/mol. The molecule has 0 bridgehead atoms. The maximum absolute atomic E-state index is 7.18. The second kappa shape index (κ2) is 4.99. The number of pyridine rings is 2. The zero-order valence-electron chi connectivity index (χ0n) is 12.4. The van der Waals surface area contributed by atoms with Crippen molar-refractivity contribution in [1.82, 2.24) is 4.98 Å². The van der Waals surface area contributed by atoms with Gasteiger partial charge in [-0.1, -0.05) is 12.1 Å². The van der Waals surface area contributed by atoms with Crippen LogP contribution in [0.2, 0.25) is 0 Å². The van der Waals surface area contributed by atoms with E-state index in [9.17, 15) is 0 Å². The third-order valence-corrected chi connectivity index (χ3v) is 3.94. The molecule has 3 nitrogen and oxygen atoms in total. The van der Waals surface area contributed by atoms with Gasteiger partial charge in [0.15, 0.2) is 11.4 Å². The summed E-state index contributed by atoms with van der Waals surface area (Å²) in [5.41, 5.74) is 5.30. The van der Waals surface area contributed by atoms with Crippen LogP contribution in [0.25, 0.3) is 26.9 Å². The molecular formula is C18H16N3+. The van der Waals surface area contributed by atoms with Crippen molar-refractivity contribution < 1.29 is 4.57 Å². The van der Waals surface area contributed by atoms with Crippen LogP contribution in [0.1, 0.15) is 11.3 Å². The van der Waals surface area contributed by atoms with Gasteiger partial charge in [-0.2, -0.15) is 4.57 Å². The van der Waals surface area contributed by atoms with Crippen LogP contribution >= 0.6 is 0 Å². The molecule has 0 saturated heterocycles. The molecule has 0 aliphatic heterocycles. The summed E-state index contributed by atoms with van der Waals surface area (Å²) in [4.78, 5) is 7.79. The van der Waals surface area contributed by atoms with E-state index < -0.39 is 0 Å². The quantitative estimate of drug-likeness (QED) is 0.487. The third-order valence-electron chi connectivity index (χ3n) is 3.94. The Kier molecular flexibility index (Phi) is 3.15. The molecule has 3 rings (SSSR count). The van der Waals surface area contributed by atoms with Crippen LogP contribution in [0.3, 0.4) is 0 Å². The van der Waals surface area contributed by atoms with E-state index in [-0.39, 0.29) is 0 Å². The Morgan fingerprint density at radius 1 is 1.14 bits per heavy atom. The van der Waals surface area contributed by atoms with Crippen LogP contribution in [-0.4, -0.2) is 4.98 Å². The van der Waals surface area contributed by atoms with Gasteiger partial charge in [-0.25, -0.2) is 4.85 Å². The summed E-state index contributed by atoms with van der Waals surface area (Å²) in [6.45, 7) is 11.4. The fraction of sp³-hybridized carbons (Fsp3) is 0.167. The fourth-order valence-corrected chi connectivity index (χ4v) is 2.67. The molecule has 2 aromatic heterocycles. The summed E-state index contributed by atoms with van der Waals surface area (Å²) in [5, 5.41) is 2.24. The number of aromatic nitrogens is 2. The van der Waals surface area contributed by atoms with Crippen LogP contribution in [0.4, 0.5) is 5.69 Å². The van der Waals surface area contributed by atoms with E-state index in [0.717, 1.165) is 27.7 Å². The fourth-order valence-electron chi connectivity index (χ4n) is 2.67. The molecule has 0 unspecified atom stereocenters. The van der Waals surface area contributed by atoms with Gasteiger partial charge in [0, 0.05) is 25.4 Å². The van der Waals surface area contributed by atoms with Gasteiger partial charge in [-0.3, -0.25) is 4.98 Å². The Bertz CT molecular complexity index is 889. The van der Waals surface area contributed by atoms with Crippen LogP contribution in [0, 0.1) is 20.4 Å². The molecule has 102 valence electrons. The molecule has 0 aliphatic carbocycles. The first kappa shape index (κ1) is 13.3. The molecule has 0 spiro atoms. The zero-order chi connectivity index (χ0) is 15.0. The Hall–Kier alpha value is -2.73. The number of fused-ring (bicyclic) bond motifs is 1. The molecule has 21 heavy (non-hydrogen) atoms. The minimum absolute atomic E-state index is 0.671. The minimum Gasteiger partial charge on any atom is -0.264 e. The lowest BCUT2D eigenvalue weighted by atomic mass is 10.00. The lowest BCUT2D eigenvalue weighted by Gasteiger charge is -2.09. The zero-order valence-corrected chi connectivity index (χ0v) is 12.4. The minimum atomic E-state index is 0.671. The van der Waals surface area contributed by atoms with Crippen molar-refractivity contribution in [2.45, 2.75) is 13.8 Å². The molecule has 0 atom stereocenters.